The van der Waals surface area contributed by atoms with E-state index in [4.69, 9.17) is 9.47 Å². The lowest BCUT2D eigenvalue weighted by Gasteiger charge is -2.26. The van der Waals surface area contributed by atoms with Gasteiger partial charge >= 0.3 is 12.1 Å². The van der Waals surface area contributed by atoms with Crippen molar-refractivity contribution in [3.8, 4) is 0 Å². The highest BCUT2D eigenvalue weighted by molar-refractivity contribution is 5.91. The van der Waals surface area contributed by atoms with Crippen molar-refractivity contribution >= 4 is 17.7 Å². The molecule has 7 nitrogen and oxygen atoms in total. The van der Waals surface area contributed by atoms with Gasteiger partial charge in [0.15, 0.2) is 0 Å². The molecule has 2 heterocycles. The average Bonchev–Trinajstić information content (AvgIpc) is 3.18. The Labute approximate surface area is 159 Å². The summed E-state index contributed by atoms with van der Waals surface area (Å²) in [5.41, 5.74) is 1.44. The number of esters is 1. The van der Waals surface area contributed by atoms with Crippen LogP contribution in [-0.2, 0) is 16.1 Å². The summed E-state index contributed by atoms with van der Waals surface area (Å²) in [6.07, 6.45) is -0.242. The smallest absolute Gasteiger partial charge is 0.410 e. The lowest BCUT2D eigenvalue weighted by Crippen LogP contribution is -2.37. The van der Waals surface area contributed by atoms with Crippen LogP contribution in [0.3, 0.4) is 0 Å². The Morgan fingerprint density at radius 2 is 1.78 bits per heavy atom. The molecule has 0 radical (unpaired) electrons. The Morgan fingerprint density at radius 1 is 1.15 bits per heavy atom. The molecule has 0 saturated carbocycles. The third-order valence-electron chi connectivity index (χ3n) is 5.17. The van der Waals surface area contributed by atoms with E-state index in [1.165, 1.54) is 7.11 Å². The van der Waals surface area contributed by atoms with E-state index in [9.17, 15) is 14.7 Å². The van der Waals surface area contributed by atoms with Crippen LogP contribution >= 0.6 is 0 Å². The molecule has 0 aromatic heterocycles. The maximum absolute atomic E-state index is 12.3. The second kappa shape index (κ2) is 7.38. The van der Waals surface area contributed by atoms with Gasteiger partial charge in [-0.05, 0) is 44.5 Å². The zero-order valence-corrected chi connectivity index (χ0v) is 16.4. The maximum atomic E-state index is 12.3. The Morgan fingerprint density at radius 3 is 2.30 bits per heavy atom. The predicted octanol–water partition coefficient (Wildman–Crippen LogP) is 2.27. The summed E-state index contributed by atoms with van der Waals surface area (Å²) in [4.78, 5) is 28.1. The lowest BCUT2D eigenvalue weighted by molar-refractivity contribution is 0.0282. The van der Waals surface area contributed by atoms with Crippen molar-refractivity contribution in [1.82, 2.24) is 4.90 Å². The number of amides is 1. The fourth-order valence-corrected chi connectivity index (χ4v) is 3.90. The van der Waals surface area contributed by atoms with Crippen molar-refractivity contribution < 1.29 is 24.2 Å². The molecule has 0 spiro atoms. The first-order valence-electron chi connectivity index (χ1n) is 9.27. The zero-order chi connectivity index (χ0) is 19.8. The number of carbonyl (C=O) groups excluding carboxylic acids is 2. The predicted molar refractivity (Wildman–Crippen MR) is 101 cm³/mol. The number of carbonyl (C=O) groups is 2. The SMILES string of the molecule is COC(=O)c1ccc(N2CC3CN(C(=O)OC(C)(C)C)CC3C2)cc1CO. The largest absolute Gasteiger partial charge is 0.465 e. The van der Waals surface area contributed by atoms with E-state index in [0.717, 1.165) is 18.8 Å². The number of nitrogens with zero attached hydrogens (tertiary/aromatic N) is 2. The van der Waals surface area contributed by atoms with E-state index >= 15 is 0 Å². The molecule has 1 aromatic rings. The number of benzene rings is 1. The fraction of sp³-hybridized carbons (Fsp3) is 0.600. The topological polar surface area (TPSA) is 79.3 Å². The normalized spacial score (nSPS) is 22.0. The van der Waals surface area contributed by atoms with Gasteiger partial charge in [-0.3, -0.25) is 0 Å². The summed E-state index contributed by atoms with van der Waals surface area (Å²) in [7, 11) is 1.33. The zero-order valence-electron chi connectivity index (χ0n) is 16.4. The lowest BCUT2D eigenvalue weighted by atomic mass is 10.0. The highest BCUT2D eigenvalue weighted by atomic mass is 16.6. The van der Waals surface area contributed by atoms with E-state index in [0.29, 0.717) is 36.1 Å². The minimum absolute atomic E-state index is 0.217. The van der Waals surface area contributed by atoms with E-state index in [1.807, 2.05) is 32.9 Å². The molecule has 2 aliphatic heterocycles. The number of methoxy groups -OCH3 is 1. The van der Waals surface area contributed by atoms with Gasteiger partial charge < -0.3 is 24.4 Å². The molecule has 148 valence electrons. The minimum Gasteiger partial charge on any atom is -0.465 e. The minimum atomic E-state index is -0.483. The van der Waals surface area contributed by atoms with Gasteiger partial charge in [0.1, 0.15) is 5.60 Å². The fourth-order valence-electron chi connectivity index (χ4n) is 3.90. The number of hydrogen-bond acceptors (Lipinski definition) is 6. The first kappa shape index (κ1) is 19.5. The van der Waals surface area contributed by atoms with Crippen molar-refractivity contribution in [3.63, 3.8) is 0 Å². The summed E-state index contributed by atoms with van der Waals surface area (Å²) in [6, 6.07) is 5.44. The van der Waals surface area contributed by atoms with Gasteiger partial charge in [-0.2, -0.15) is 0 Å². The Kier molecular flexibility index (Phi) is 5.33. The quantitative estimate of drug-likeness (QED) is 0.816. The van der Waals surface area contributed by atoms with Crippen LogP contribution in [0, 0.1) is 11.8 Å². The molecular weight excluding hydrogens is 348 g/mol. The Bertz CT molecular complexity index is 714. The first-order chi connectivity index (χ1) is 12.7. The van der Waals surface area contributed by atoms with Gasteiger partial charge in [-0.1, -0.05) is 0 Å². The molecule has 2 unspecified atom stereocenters. The molecule has 1 N–H and O–H groups in total. The first-order valence-corrected chi connectivity index (χ1v) is 9.27. The molecule has 0 bridgehead atoms. The van der Waals surface area contributed by atoms with Crippen LogP contribution in [0.2, 0.25) is 0 Å². The van der Waals surface area contributed by atoms with Gasteiger partial charge in [0, 0.05) is 43.7 Å². The third-order valence-corrected chi connectivity index (χ3v) is 5.17. The van der Waals surface area contributed by atoms with Gasteiger partial charge in [0.25, 0.3) is 0 Å². The number of rotatable bonds is 3. The van der Waals surface area contributed by atoms with Crippen LogP contribution in [-0.4, -0.2) is 61.0 Å². The van der Waals surface area contributed by atoms with Crippen LogP contribution in [0.25, 0.3) is 0 Å². The Hall–Kier alpha value is -2.28. The van der Waals surface area contributed by atoms with E-state index in [1.54, 1.807) is 11.0 Å². The van der Waals surface area contributed by atoms with Crippen molar-refractivity contribution in [3.05, 3.63) is 29.3 Å². The van der Waals surface area contributed by atoms with E-state index < -0.39 is 11.6 Å². The molecule has 7 heteroatoms. The number of aliphatic hydroxyl groups is 1. The highest BCUT2D eigenvalue weighted by Gasteiger charge is 2.42. The standard InChI is InChI=1S/C20H28N2O5/c1-20(2,3)27-19(25)22-10-14-8-21(9-15(14)11-22)16-5-6-17(18(24)26-4)13(7-16)12-23/h5-7,14-15,23H,8-12H2,1-4H3. The average molecular weight is 376 g/mol. The summed E-state index contributed by atoms with van der Waals surface area (Å²) >= 11 is 0. The monoisotopic (exact) mass is 376 g/mol. The molecular formula is C20H28N2O5. The van der Waals surface area contributed by atoms with E-state index in [2.05, 4.69) is 4.90 Å². The number of hydrogen-bond donors (Lipinski definition) is 1. The van der Waals surface area contributed by atoms with Gasteiger partial charge in [-0.15, -0.1) is 0 Å². The summed E-state index contributed by atoms with van der Waals surface area (Å²) in [5.74, 6) is 0.350. The van der Waals surface area contributed by atoms with Crippen LogP contribution in [0.1, 0.15) is 36.7 Å². The van der Waals surface area contributed by atoms with Crippen molar-refractivity contribution in [2.75, 3.05) is 38.2 Å². The molecule has 2 fully saturated rings. The summed E-state index contributed by atoms with van der Waals surface area (Å²) in [5, 5.41) is 9.60. The molecule has 27 heavy (non-hydrogen) atoms. The van der Waals surface area contributed by atoms with Crippen LogP contribution < -0.4 is 4.90 Å². The maximum Gasteiger partial charge on any atom is 0.410 e. The second-order valence-electron chi connectivity index (χ2n) is 8.30. The van der Waals surface area contributed by atoms with Gasteiger partial charge in [-0.25, -0.2) is 9.59 Å². The van der Waals surface area contributed by atoms with Crippen molar-refractivity contribution in [2.24, 2.45) is 11.8 Å². The number of aliphatic hydroxyl groups excluding tert-OH is 1. The highest BCUT2D eigenvalue weighted by Crippen LogP contribution is 2.35. The molecule has 1 amide bonds. The third kappa shape index (κ3) is 4.18. The number of likely N-dealkylation sites (tertiary alicyclic amines) is 1. The molecule has 1 aromatic carbocycles. The van der Waals surface area contributed by atoms with Crippen molar-refractivity contribution in [1.29, 1.82) is 0 Å². The van der Waals surface area contributed by atoms with Gasteiger partial charge in [0.05, 0.1) is 19.3 Å². The molecule has 0 aliphatic carbocycles. The van der Waals surface area contributed by atoms with E-state index in [-0.39, 0.29) is 12.7 Å². The number of ether oxygens (including phenoxy) is 2. The van der Waals surface area contributed by atoms with Gasteiger partial charge in [0.2, 0.25) is 0 Å². The molecule has 2 aliphatic rings. The molecule has 3 rings (SSSR count). The summed E-state index contributed by atoms with van der Waals surface area (Å²) in [6.45, 7) is 8.48. The number of fused-ring (bicyclic) bond motifs is 1. The van der Waals surface area contributed by atoms with Crippen LogP contribution in [0.4, 0.5) is 10.5 Å². The van der Waals surface area contributed by atoms with Crippen molar-refractivity contribution in [2.45, 2.75) is 33.0 Å². The second-order valence-corrected chi connectivity index (χ2v) is 8.30. The number of anilines is 1. The molecule has 2 saturated heterocycles. The Balaban J connectivity index is 1.65. The molecule has 2 atom stereocenters. The van der Waals surface area contributed by atoms with Crippen LogP contribution in [0.15, 0.2) is 18.2 Å². The van der Waals surface area contributed by atoms with Crippen LogP contribution in [0.5, 0.6) is 0 Å². The summed E-state index contributed by atoms with van der Waals surface area (Å²) < 4.78 is 10.2.